The van der Waals surface area contributed by atoms with Gasteiger partial charge in [0.25, 0.3) is 0 Å². The summed E-state index contributed by atoms with van der Waals surface area (Å²) in [5.74, 6) is 0. The predicted octanol–water partition coefficient (Wildman–Crippen LogP) is -8.99. The predicted molar refractivity (Wildman–Crippen MR) is 0 cm³/mol. The van der Waals surface area contributed by atoms with E-state index >= 15 is 0 Å². The second kappa shape index (κ2) is 16.0. The summed E-state index contributed by atoms with van der Waals surface area (Å²) < 4.78 is 0. The van der Waals surface area contributed by atoms with Gasteiger partial charge in [-0.05, 0) is 0 Å². The number of rotatable bonds is 0. The Morgan fingerprint density at radius 1 is 0.750 bits per heavy atom. The first kappa shape index (κ1) is 25.6. The molecule has 0 saturated carbocycles. The quantitative estimate of drug-likeness (QED) is 0.377. The van der Waals surface area contributed by atoms with Gasteiger partial charge in [0.1, 0.15) is 0 Å². The molecule has 0 spiro atoms. The Morgan fingerprint density at radius 3 is 0.750 bits per heavy atom. The fraction of sp³-hybridized carbons (Fsp3) is 0. The maximum atomic E-state index is 0. The molecule has 17 valence electrons. The van der Waals surface area contributed by atoms with E-state index in [9.17, 15) is 0 Å². The van der Waals surface area contributed by atoms with Crippen molar-refractivity contribution in [3.63, 3.8) is 0 Å². The van der Waals surface area contributed by atoms with Crippen LogP contribution in [0.2, 0.25) is 0 Å². The van der Waals surface area contributed by atoms with E-state index < -0.39 is 0 Å². The van der Waals surface area contributed by atoms with Crippen LogP contribution in [0.25, 0.3) is 0 Å². The van der Waals surface area contributed by atoms with Crippen molar-refractivity contribution < 1.29 is 117 Å². The largest absolute Gasteiger partial charge is 3.00 e. The molecule has 0 bridgehead atoms. The van der Waals surface area contributed by atoms with Gasteiger partial charge in [0.2, 0.25) is 0 Å². The molecule has 0 aromatic rings. The van der Waals surface area contributed by atoms with E-state index in [2.05, 4.69) is 0 Å². The van der Waals surface area contributed by atoms with E-state index in [0.29, 0.717) is 0 Å². The molecule has 4 heavy (non-hydrogen) atoms. The van der Waals surface area contributed by atoms with Gasteiger partial charge < -0.3 is 24.8 Å². The molecular weight excluding hydrogens is 254 g/mol. The zero-order chi connectivity index (χ0) is 0. The van der Waals surface area contributed by atoms with Crippen molar-refractivity contribution in [2.75, 3.05) is 0 Å². The maximum absolute atomic E-state index is 0. The van der Waals surface area contributed by atoms with Gasteiger partial charge in [-0.1, -0.05) is 0 Å². The van der Waals surface area contributed by atoms with Crippen molar-refractivity contribution in [1.82, 2.24) is 0 Å². The van der Waals surface area contributed by atoms with E-state index in [1.54, 1.807) is 0 Å². The van der Waals surface area contributed by atoms with E-state index in [1.165, 1.54) is 0 Å². The minimum atomic E-state index is 0. The monoisotopic (exact) mass is 251 g/mol. The molecule has 0 aliphatic heterocycles. The molecule has 0 aromatic heterocycles. The fourth-order valence-corrected chi connectivity index (χ4v) is 0. The summed E-state index contributed by atoms with van der Waals surface area (Å²) in [6.45, 7) is 0. The first-order chi connectivity index (χ1) is 0. The summed E-state index contributed by atoms with van der Waals surface area (Å²) in [6, 6.07) is 0. The fourth-order valence-electron chi connectivity index (χ4n) is 0. The standard InChI is InChI=1S/2ClH.K.Nd/h2*1H;;/q;;+1;+3/p-2. The van der Waals surface area contributed by atoms with Crippen LogP contribution in [0.1, 0.15) is 0 Å². The summed E-state index contributed by atoms with van der Waals surface area (Å²) in [5, 5.41) is 0. The molecule has 0 nitrogen and oxygen atoms in total. The van der Waals surface area contributed by atoms with Crippen molar-refractivity contribution in [1.29, 1.82) is 0 Å². The Kier molecular flexibility index (Phi) is 103. The molecule has 0 atom stereocenters. The molecule has 0 saturated heterocycles. The zero-order valence-corrected chi connectivity index (χ0v) is 10.1. The SMILES string of the molecule is [Cl-].[Cl-].[K+].[Nd+3]. The maximum Gasteiger partial charge on any atom is 3.00 e. The summed E-state index contributed by atoms with van der Waals surface area (Å²) in [7, 11) is 0. The number of hydrogen-bond donors (Lipinski definition) is 0. The van der Waals surface area contributed by atoms with E-state index in [1.807, 2.05) is 0 Å². The molecule has 1 radical (unpaired) electrons. The van der Waals surface area contributed by atoms with Crippen LogP contribution in [-0.4, -0.2) is 0 Å². The zero-order valence-electron chi connectivity index (χ0n) is 2.26. The van der Waals surface area contributed by atoms with Crippen LogP contribution < -0.4 is 76.2 Å². The van der Waals surface area contributed by atoms with Gasteiger partial charge in [0, 0.05) is 0 Å². The number of hydrogen-bond acceptors (Lipinski definition) is 0. The van der Waals surface area contributed by atoms with E-state index in [4.69, 9.17) is 0 Å². The van der Waals surface area contributed by atoms with Gasteiger partial charge in [-0.25, -0.2) is 0 Å². The molecule has 4 heteroatoms. The van der Waals surface area contributed by atoms with Gasteiger partial charge in [-0.2, -0.15) is 0 Å². The van der Waals surface area contributed by atoms with Crippen LogP contribution in [-0.2, 0) is 0 Å². The molecule has 0 amide bonds. The molecular formula is Cl2KNd+2. The Labute approximate surface area is 114 Å². The van der Waals surface area contributed by atoms with Crippen molar-refractivity contribution in [2.45, 2.75) is 0 Å². The van der Waals surface area contributed by atoms with Crippen molar-refractivity contribution in [3.8, 4) is 0 Å². The van der Waals surface area contributed by atoms with Gasteiger partial charge in [0.05, 0.1) is 0 Å². The molecule has 0 unspecified atom stereocenters. The Hall–Kier alpha value is 3.57. The summed E-state index contributed by atoms with van der Waals surface area (Å²) >= 11 is 0. The van der Waals surface area contributed by atoms with Gasteiger partial charge >= 0.3 is 92.2 Å². The summed E-state index contributed by atoms with van der Waals surface area (Å²) in [6.07, 6.45) is 0. The molecule has 0 aliphatic rings. The summed E-state index contributed by atoms with van der Waals surface area (Å²) in [4.78, 5) is 0. The van der Waals surface area contributed by atoms with Crippen LogP contribution in [0.3, 0.4) is 0 Å². The average Bonchev–Trinajstić information content (AvgIpc) is 0. The molecule has 0 aliphatic carbocycles. The Balaban J connectivity index is 0. The third-order valence-corrected chi connectivity index (χ3v) is 0. The van der Waals surface area contributed by atoms with Crippen LogP contribution in [0.4, 0.5) is 0 Å². The second-order valence-electron chi connectivity index (χ2n) is 0. The van der Waals surface area contributed by atoms with Crippen molar-refractivity contribution >= 4 is 0 Å². The third kappa shape index (κ3) is 9.13. The molecule has 0 aromatic carbocycles. The minimum Gasteiger partial charge on any atom is -1.00 e. The van der Waals surface area contributed by atoms with Crippen molar-refractivity contribution in [2.24, 2.45) is 0 Å². The molecule has 0 fully saturated rings. The smallest absolute Gasteiger partial charge is 1.00 e. The second-order valence-corrected chi connectivity index (χ2v) is 0. The Morgan fingerprint density at radius 2 is 0.750 bits per heavy atom. The summed E-state index contributed by atoms with van der Waals surface area (Å²) in [5.41, 5.74) is 0. The molecule has 0 heterocycles. The minimum absolute atomic E-state index is 0. The average molecular weight is 254 g/mol. The van der Waals surface area contributed by atoms with Crippen LogP contribution >= 0.6 is 0 Å². The third-order valence-electron chi connectivity index (χ3n) is 0. The topological polar surface area (TPSA) is 0 Å². The van der Waals surface area contributed by atoms with E-state index in [0.717, 1.165) is 0 Å². The van der Waals surface area contributed by atoms with Gasteiger partial charge in [0.15, 0.2) is 0 Å². The van der Waals surface area contributed by atoms with Gasteiger partial charge in [-0.15, -0.1) is 0 Å². The Bertz CT molecular complexity index is 6.00. The van der Waals surface area contributed by atoms with Crippen molar-refractivity contribution in [3.05, 3.63) is 0 Å². The van der Waals surface area contributed by atoms with Gasteiger partial charge in [-0.3, -0.25) is 0 Å². The van der Waals surface area contributed by atoms with Crippen LogP contribution in [0.15, 0.2) is 0 Å². The normalized spacial score (nSPS) is 0. The first-order valence-electron chi connectivity index (χ1n) is 0. The molecule has 0 rings (SSSR count). The van der Waals surface area contributed by atoms with E-state index in [-0.39, 0.29) is 117 Å². The van der Waals surface area contributed by atoms with Crippen LogP contribution in [0.5, 0.6) is 0 Å². The number of halogens is 2. The molecule has 0 N–H and O–H groups in total. The van der Waals surface area contributed by atoms with Crippen LogP contribution in [0, 0.1) is 40.8 Å². The first-order valence-corrected chi connectivity index (χ1v) is 0.